The van der Waals surface area contributed by atoms with E-state index in [0.717, 1.165) is 9.47 Å². The third-order valence-corrected chi connectivity index (χ3v) is 3.38. The van der Waals surface area contributed by atoms with E-state index >= 15 is 0 Å². The monoisotopic (exact) mass is 219 g/mol. The van der Waals surface area contributed by atoms with Gasteiger partial charge in [0.25, 0.3) is 0 Å². The molecule has 2 N–H and O–H groups in total. The molecular formula is C7H10BrNS. The molecule has 0 aliphatic heterocycles. The zero-order chi connectivity index (χ0) is 7.72. The number of hydrogen-bond acceptors (Lipinski definition) is 2. The van der Waals surface area contributed by atoms with Crippen molar-refractivity contribution in [2.75, 3.05) is 5.73 Å². The summed E-state index contributed by atoms with van der Waals surface area (Å²) in [7, 11) is 0. The highest BCUT2D eigenvalue weighted by molar-refractivity contribution is 9.10. The summed E-state index contributed by atoms with van der Waals surface area (Å²) in [5.41, 5.74) is 6.96. The molecular weight excluding hydrogens is 210 g/mol. The van der Waals surface area contributed by atoms with E-state index in [2.05, 4.69) is 35.2 Å². The fourth-order valence-corrected chi connectivity index (χ4v) is 2.63. The molecule has 0 bridgehead atoms. The Morgan fingerprint density at radius 2 is 2.20 bits per heavy atom. The number of rotatable bonds is 1. The number of anilines is 1. The molecule has 0 radical (unpaired) electrons. The molecule has 1 heterocycles. The molecule has 1 aromatic rings. The Labute approximate surface area is 73.4 Å². The Hall–Kier alpha value is -0.0200. The Bertz CT molecular complexity index is 230. The highest BCUT2D eigenvalue weighted by Gasteiger charge is 2.08. The number of hydrogen-bond donors (Lipinski definition) is 1. The minimum atomic E-state index is 0.558. The van der Waals surface area contributed by atoms with Crippen LogP contribution in [-0.2, 0) is 0 Å². The second-order valence-corrected chi connectivity index (χ2v) is 4.23. The molecule has 3 heteroatoms. The molecule has 56 valence electrons. The van der Waals surface area contributed by atoms with Crippen molar-refractivity contribution < 1.29 is 0 Å². The summed E-state index contributed by atoms with van der Waals surface area (Å²) >= 11 is 5.03. The van der Waals surface area contributed by atoms with Crippen molar-refractivity contribution in [3.05, 3.63) is 15.4 Å². The predicted octanol–water partition coefficient (Wildman–Crippen LogP) is 3.22. The first-order chi connectivity index (χ1) is 4.63. The van der Waals surface area contributed by atoms with Crippen LogP contribution >= 0.6 is 27.3 Å². The molecule has 0 spiro atoms. The van der Waals surface area contributed by atoms with Gasteiger partial charge < -0.3 is 5.73 Å². The lowest BCUT2D eigenvalue weighted by Crippen LogP contribution is -1.85. The summed E-state index contributed by atoms with van der Waals surface area (Å²) in [5, 5.41) is 2.98. The van der Waals surface area contributed by atoms with Gasteiger partial charge in [-0.1, -0.05) is 13.8 Å². The van der Waals surface area contributed by atoms with Gasteiger partial charge >= 0.3 is 0 Å². The molecule has 1 aromatic heterocycles. The van der Waals surface area contributed by atoms with Crippen LogP contribution in [0.4, 0.5) is 5.00 Å². The summed E-state index contributed by atoms with van der Waals surface area (Å²) < 4.78 is 1.08. The molecule has 1 rings (SSSR count). The second-order valence-electron chi connectivity index (χ2n) is 2.52. The van der Waals surface area contributed by atoms with Crippen LogP contribution in [0.15, 0.2) is 9.85 Å². The first kappa shape index (κ1) is 8.08. The van der Waals surface area contributed by atoms with E-state index in [1.807, 2.05) is 0 Å². The fraction of sp³-hybridized carbons (Fsp3) is 0.429. The number of nitrogen functional groups attached to an aromatic ring is 1. The summed E-state index contributed by atoms with van der Waals surface area (Å²) in [6.45, 7) is 4.32. The summed E-state index contributed by atoms with van der Waals surface area (Å²) in [6.07, 6.45) is 0. The highest BCUT2D eigenvalue weighted by atomic mass is 79.9. The van der Waals surface area contributed by atoms with Gasteiger partial charge in [-0.05, 0) is 32.8 Å². The van der Waals surface area contributed by atoms with Gasteiger partial charge in [0.1, 0.15) is 5.00 Å². The molecule has 0 fully saturated rings. The van der Waals surface area contributed by atoms with Crippen molar-refractivity contribution in [1.82, 2.24) is 0 Å². The topological polar surface area (TPSA) is 26.0 Å². The Morgan fingerprint density at radius 1 is 1.60 bits per heavy atom. The van der Waals surface area contributed by atoms with Crippen LogP contribution in [0, 0.1) is 0 Å². The zero-order valence-electron chi connectivity index (χ0n) is 6.02. The number of nitrogens with two attached hydrogens (primary N) is 1. The molecule has 0 unspecified atom stereocenters. The smallest absolute Gasteiger partial charge is 0.100 e. The van der Waals surface area contributed by atoms with Crippen molar-refractivity contribution in [2.24, 2.45) is 0 Å². The number of thiophene rings is 1. The lowest BCUT2D eigenvalue weighted by molar-refractivity contribution is 0.867. The maximum absolute atomic E-state index is 5.65. The molecule has 0 aromatic carbocycles. The van der Waals surface area contributed by atoms with Gasteiger partial charge in [0.15, 0.2) is 0 Å². The van der Waals surface area contributed by atoms with Crippen LogP contribution in [0.2, 0.25) is 0 Å². The Kier molecular flexibility index (Phi) is 2.36. The van der Waals surface area contributed by atoms with Crippen LogP contribution in [0.25, 0.3) is 0 Å². The second kappa shape index (κ2) is 2.93. The van der Waals surface area contributed by atoms with Crippen molar-refractivity contribution in [1.29, 1.82) is 0 Å². The lowest BCUT2D eigenvalue weighted by Gasteiger charge is -2.00. The Balaban J connectivity index is 3.05. The first-order valence-electron chi connectivity index (χ1n) is 3.15. The third-order valence-electron chi connectivity index (χ3n) is 1.40. The van der Waals surface area contributed by atoms with E-state index in [0.29, 0.717) is 5.92 Å². The zero-order valence-corrected chi connectivity index (χ0v) is 8.42. The van der Waals surface area contributed by atoms with Crippen LogP contribution in [-0.4, -0.2) is 0 Å². The SMILES string of the molecule is CC(C)c1csc(N)c1Br. The van der Waals surface area contributed by atoms with Crippen molar-refractivity contribution in [2.45, 2.75) is 19.8 Å². The minimum Gasteiger partial charge on any atom is -0.390 e. The molecule has 10 heavy (non-hydrogen) atoms. The summed E-state index contributed by atoms with van der Waals surface area (Å²) in [6, 6.07) is 0. The predicted molar refractivity (Wildman–Crippen MR) is 50.5 cm³/mol. The minimum absolute atomic E-state index is 0.558. The van der Waals surface area contributed by atoms with Crippen LogP contribution in [0.3, 0.4) is 0 Å². The molecule has 0 aliphatic carbocycles. The van der Waals surface area contributed by atoms with Crippen molar-refractivity contribution >= 4 is 32.3 Å². The van der Waals surface area contributed by atoms with Gasteiger partial charge in [0, 0.05) is 0 Å². The fourth-order valence-electron chi connectivity index (χ4n) is 0.762. The van der Waals surface area contributed by atoms with E-state index in [1.165, 1.54) is 5.56 Å². The van der Waals surface area contributed by atoms with Gasteiger partial charge in [-0.3, -0.25) is 0 Å². The average Bonchev–Trinajstić information content (AvgIpc) is 2.14. The van der Waals surface area contributed by atoms with Gasteiger partial charge in [-0.15, -0.1) is 11.3 Å². The van der Waals surface area contributed by atoms with Gasteiger partial charge in [-0.25, -0.2) is 0 Å². The standard InChI is InChI=1S/C7H10BrNS/c1-4(2)5-3-10-7(9)6(5)8/h3-4H,9H2,1-2H3. The molecule has 0 saturated carbocycles. The molecule has 0 saturated heterocycles. The Morgan fingerprint density at radius 3 is 2.40 bits per heavy atom. The summed E-state index contributed by atoms with van der Waals surface area (Å²) in [4.78, 5) is 0. The normalized spacial score (nSPS) is 10.8. The van der Waals surface area contributed by atoms with E-state index in [-0.39, 0.29) is 0 Å². The van der Waals surface area contributed by atoms with Crippen LogP contribution in [0.1, 0.15) is 25.3 Å². The van der Waals surface area contributed by atoms with E-state index in [9.17, 15) is 0 Å². The number of halogens is 1. The van der Waals surface area contributed by atoms with E-state index in [1.54, 1.807) is 11.3 Å². The van der Waals surface area contributed by atoms with Crippen molar-refractivity contribution in [3.8, 4) is 0 Å². The largest absolute Gasteiger partial charge is 0.390 e. The van der Waals surface area contributed by atoms with Gasteiger partial charge in [0.05, 0.1) is 4.47 Å². The molecule has 1 nitrogen and oxygen atoms in total. The summed E-state index contributed by atoms with van der Waals surface area (Å²) in [5.74, 6) is 0.558. The third kappa shape index (κ3) is 1.35. The van der Waals surface area contributed by atoms with Crippen molar-refractivity contribution in [3.63, 3.8) is 0 Å². The highest BCUT2D eigenvalue weighted by Crippen LogP contribution is 2.34. The van der Waals surface area contributed by atoms with Gasteiger partial charge in [-0.2, -0.15) is 0 Å². The quantitative estimate of drug-likeness (QED) is 0.772. The maximum Gasteiger partial charge on any atom is 0.100 e. The average molecular weight is 220 g/mol. The molecule has 0 aliphatic rings. The molecule has 0 amide bonds. The van der Waals surface area contributed by atoms with Gasteiger partial charge in [0.2, 0.25) is 0 Å². The van der Waals surface area contributed by atoms with E-state index < -0.39 is 0 Å². The first-order valence-corrected chi connectivity index (χ1v) is 4.82. The van der Waals surface area contributed by atoms with E-state index in [4.69, 9.17) is 5.73 Å². The van der Waals surface area contributed by atoms with Crippen LogP contribution in [0.5, 0.6) is 0 Å². The lowest BCUT2D eigenvalue weighted by atomic mass is 10.1. The molecule has 0 atom stereocenters. The van der Waals surface area contributed by atoms with Crippen LogP contribution < -0.4 is 5.73 Å². The maximum atomic E-state index is 5.65.